The molecule has 0 aliphatic carbocycles. The second-order valence-corrected chi connectivity index (χ2v) is 6.92. The Morgan fingerprint density at radius 3 is 2.33 bits per heavy atom. The zero-order valence-corrected chi connectivity index (χ0v) is 12.8. The SMILES string of the molecule is CC1(C)CC(C(N)c2cccc(C(F)(F)F)c2)C(C)(C)O1. The van der Waals surface area contributed by atoms with Crippen LogP contribution in [0.4, 0.5) is 13.2 Å². The third kappa shape index (κ3) is 3.40. The number of halogens is 3. The maximum Gasteiger partial charge on any atom is 0.416 e. The summed E-state index contributed by atoms with van der Waals surface area (Å²) in [4.78, 5) is 0. The molecule has 0 bridgehead atoms. The first-order valence-corrected chi connectivity index (χ1v) is 7.05. The lowest BCUT2D eigenvalue weighted by Crippen LogP contribution is -2.36. The quantitative estimate of drug-likeness (QED) is 0.884. The molecule has 0 amide bonds. The number of rotatable bonds is 2. The normalized spacial score (nSPS) is 25.8. The summed E-state index contributed by atoms with van der Waals surface area (Å²) in [6.07, 6.45) is -3.63. The highest BCUT2D eigenvalue weighted by atomic mass is 19.4. The molecule has 1 aromatic rings. The molecule has 1 fully saturated rings. The van der Waals surface area contributed by atoms with Crippen LogP contribution in [-0.2, 0) is 10.9 Å². The maximum absolute atomic E-state index is 12.8. The van der Waals surface area contributed by atoms with Gasteiger partial charge in [0.1, 0.15) is 0 Å². The molecule has 2 unspecified atom stereocenters. The van der Waals surface area contributed by atoms with Crippen LogP contribution in [0.2, 0.25) is 0 Å². The van der Waals surface area contributed by atoms with Crippen LogP contribution in [-0.4, -0.2) is 11.2 Å². The number of hydrogen-bond acceptors (Lipinski definition) is 2. The van der Waals surface area contributed by atoms with Gasteiger partial charge in [-0.15, -0.1) is 0 Å². The molecule has 21 heavy (non-hydrogen) atoms. The van der Waals surface area contributed by atoms with Gasteiger partial charge in [0.25, 0.3) is 0 Å². The van der Waals surface area contributed by atoms with Gasteiger partial charge in [0.15, 0.2) is 0 Å². The summed E-state index contributed by atoms with van der Waals surface area (Å²) in [5.74, 6) is -0.0315. The smallest absolute Gasteiger partial charge is 0.369 e. The fraction of sp³-hybridized carbons (Fsp3) is 0.625. The van der Waals surface area contributed by atoms with Gasteiger partial charge in [0, 0.05) is 12.0 Å². The van der Waals surface area contributed by atoms with Crippen molar-refractivity contribution in [2.75, 3.05) is 0 Å². The molecule has 1 saturated heterocycles. The van der Waals surface area contributed by atoms with Gasteiger partial charge in [0.05, 0.1) is 16.8 Å². The Morgan fingerprint density at radius 2 is 1.86 bits per heavy atom. The molecule has 1 heterocycles. The molecule has 2 nitrogen and oxygen atoms in total. The summed E-state index contributed by atoms with van der Waals surface area (Å²) in [7, 11) is 0. The fourth-order valence-electron chi connectivity index (χ4n) is 3.32. The van der Waals surface area contributed by atoms with Crippen LogP contribution >= 0.6 is 0 Å². The first-order chi connectivity index (χ1) is 9.42. The molecule has 2 atom stereocenters. The zero-order valence-electron chi connectivity index (χ0n) is 12.8. The van der Waals surface area contributed by atoms with E-state index in [1.54, 1.807) is 6.07 Å². The molecule has 2 rings (SSSR count). The van der Waals surface area contributed by atoms with Crippen LogP contribution < -0.4 is 5.73 Å². The van der Waals surface area contributed by atoms with Crippen molar-refractivity contribution in [3.63, 3.8) is 0 Å². The highest BCUT2D eigenvalue weighted by molar-refractivity contribution is 5.29. The molecule has 1 aromatic carbocycles. The van der Waals surface area contributed by atoms with Gasteiger partial charge < -0.3 is 10.5 Å². The van der Waals surface area contributed by atoms with E-state index in [2.05, 4.69) is 0 Å². The molecule has 0 radical (unpaired) electrons. The fourth-order valence-corrected chi connectivity index (χ4v) is 3.32. The van der Waals surface area contributed by atoms with Gasteiger partial charge in [-0.2, -0.15) is 13.2 Å². The number of benzene rings is 1. The van der Waals surface area contributed by atoms with E-state index in [1.165, 1.54) is 6.07 Å². The minimum Gasteiger partial charge on any atom is -0.369 e. The van der Waals surface area contributed by atoms with Gasteiger partial charge in [-0.05, 0) is 51.8 Å². The molecular weight excluding hydrogens is 279 g/mol. The predicted molar refractivity (Wildman–Crippen MR) is 75.7 cm³/mol. The Bertz CT molecular complexity index is 522. The minimum atomic E-state index is -4.35. The second kappa shape index (κ2) is 4.99. The third-order valence-corrected chi connectivity index (χ3v) is 4.18. The van der Waals surface area contributed by atoms with Crippen LogP contribution in [0.3, 0.4) is 0 Å². The largest absolute Gasteiger partial charge is 0.416 e. The summed E-state index contributed by atoms with van der Waals surface area (Å²) >= 11 is 0. The summed E-state index contributed by atoms with van der Waals surface area (Å²) in [5.41, 5.74) is 5.33. The average Bonchev–Trinajstić information content (AvgIpc) is 2.55. The van der Waals surface area contributed by atoms with Crippen molar-refractivity contribution >= 4 is 0 Å². The summed E-state index contributed by atoms with van der Waals surface area (Å²) in [6.45, 7) is 7.85. The molecular formula is C16H22F3NO. The highest BCUT2D eigenvalue weighted by Gasteiger charge is 2.48. The molecule has 0 spiro atoms. The van der Waals surface area contributed by atoms with Crippen molar-refractivity contribution in [1.82, 2.24) is 0 Å². The number of alkyl halides is 3. The van der Waals surface area contributed by atoms with E-state index in [9.17, 15) is 13.2 Å². The first-order valence-electron chi connectivity index (χ1n) is 7.05. The van der Waals surface area contributed by atoms with E-state index in [1.807, 2.05) is 27.7 Å². The van der Waals surface area contributed by atoms with E-state index in [-0.39, 0.29) is 11.5 Å². The second-order valence-electron chi connectivity index (χ2n) is 6.92. The van der Waals surface area contributed by atoms with E-state index >= 15 is 0 Å². The molecule has 1 aliphatic heterocycles. The van der Waals surface area contributed by atoms with Crippen molar-refractivity contribution in [2.24, 2.45) is 11.7 Å². The van der Waals surface area contributed by atoms with Gasteiger partial charge in [-0.1, -0.05) is 12.1 Å². The minimum absolute atomic E-state index is 0.0315. The monoisotopic (exact) mass is 301 g/mol. The predicted octanol–water partition coefficient (Wildman–Crippen LogP) is 4.30. The lowest BCUT2D eigenvalue weighted by Gasteiger charge is -2.31. The van der Waals surface area contributed by atoms with Gasteiger partial charge in [0.2, 0.25) is 0 Å². The Labute approximate surface area is 123 Å². The van der Waals surface area contributed by atoms with Crippen molar-refractivity contribution in [1.29, 1.82) is 0 Å². The van der Waals surface area contributed by atoms with E-state index in [0.29, 0.717) is 5.56 Å². The van der Waals surface area contributed by atoms with Crippen molar-refractivity contribution < 1.29 is 17.9 Å². The van der Waals surface area contributed by atoms with Crippen molar-refractivity contribution in [2.45, 2.75) is 57.5 Å². The number of hydrogen-bond donors (Lipinski definition) is 1. The Balaban J connectivity index is 2.31. The zero-order chi connectivity index (χ0) is 16.1. The molecule has 0 aromatic heterocycles. The van der Waals surface area contributed by atoms with E-state index in [0.717, 1.165) is 18.6 Å². The van der Waals surface area contributed by atoms with E-state index in [4.69, 9.17) is 10.5 Å². The lowest BCUT2D eigenvalue weighted by molar-refractivity contribution is -0.137. The number of ether oxygens (including phenoxy) is 1. The lowest BCUT2D eigenvalue weighted by atomic mass is 9.79. The molecule has 5 heteroatoms. The Hall–Kier alpha value is -1.07. The molecule has 0 saturated carbocycles. The third-order valence-electron chi connectivity index (χ3n) is 4.18. The van der Waals surface area contributed by atoms with E-state index < -0.39 is 23.4 Å². The summed E-state index contributed by atoms with van der Waals surface area (Å²) in [6, 6.07) is 4.79. The Morgan fingerprint density at radius 1 is 1.24 bits per heavy atom. The van der Waals surface area contributed by atoms with Crippen molar-refractivity contribution in [3.8, 4) is 0 Å². The van der Waals surface area contributed by atoms with Crippen LogP contribution in [0, 0.1) is 5.92 Å². The number of nitrogens with two attached hydrogens (primary N) is 1. The topological polar surface area (TPSA) is 35.2 Å². The molecule has 1 aliphatic rings. The Kier molecular flexibility index (Phi) is 3.87. The molecule has 118 valence electrons. The first kappa shape index (κ1) is 16.3. The highest BCUT2D eigenvalue weighted by Crippen LogP contribution is 2.47. The van der Waals surface area contributed by atoms with Crippen LogP contribution in [0.1, 0.15) is 51.3 Å². The average molecular weight is 301 g/mol. The van der Waals surface area contributed by atoms with Crippen LogP contribution in [0.25, 0.3) is 0 Å². The van der Waals surface area contributed by atoms with Crippen LogP contribution in [0.5, 0.6) is 0 Å². The van der Waals surface area contributed by atoms with Crippen LogP contribution in [0.15, 0.2) is 24.3 Å². The van der Waals surface area contributed by atoms with Gasteiger partial charge >= 0.3 is 6.18 Å². The summed E-state index contributed by atoms with van der Waals surface area (Å²) in [5, 5.41) is 0. The maximum atomic E-state index is 12.8. The standard InChI is InChI=1S/C16H22F3NO/c1-14(2)9-12(15(3,4)21-14)13(20)10-6-5-7-11(8-10)16(17,18)19/h5-8,12-13H,9,20H2,1-4H3. The van der Waals surface area contributed by atoms with Gasteiger partial charge in [-0.3, -0.25) is 0 Å². The van der Waals surface area contributed by atoms with Gasteiger partial charge in [-0.25, -0.2) is 0 Å². The van der Waals surface area contributed by atoms with Crippen molar-refractivity contribution in [3.05, 3.63) is 35.4 Å². The molecule has 2 N–H and O–H groups in total. The summed E-state index contributed by atoms with van der Waals surface area (Å²) < 4.78 is 44.4.